The van der Waals surface area contributed by atoms with Crippen molar-refractivity contribution in [1.82, 2.24) is 15.5 Å². The molecule has 0 saturated heterocycles. The van der Waals surface area contributed by atoms with E-state index >= 15 is 0 Å². The molecular formula is C22H24N4O5S2. The van der Waals surface area contributed by atoms with Gasteiger partial charge in [-0.05, 0) is 36.2 Å². The van der Waals surface area contributed by atoms with Crippen molar-refractivity contribution in [3.8, 4) is 17.2 Å². The molecule has 174 valence electrons. The number of benzene rings is 2. The summed E-state index contributed by atoms with van der Waals surface area (Å²) < 4.78 is 16.3. The Morgan fingerprint density at radius 1 is 0.970 bits per heavy atom. The fourth-order valence-corrected chi connectivity index (χ4v) is 4.45. The highest BCUT2D eigenvalue weighted by molar-refractivity contribution is 8.01. The van der Waals surface area contributed by atoms with E-state index in [1.165, 1.54) is 30.2 Å². The Kier molecular flexibility index (Phi) is 8.90. The number of nitrogens with one attached hydrogen (secondary N) is 2. The highest BCUT2D eigenvalue weighted by Gasteiger charge is 2.15. The zero-order valence-corrected chi connectivity index (χ0v) is 20.0. The number of carbonyl (C=O) groups is 2. The van der Waals surface area contributed by atoms with E-state index in [9.17, 15) is 9.59 Å². The van der Waals surface area contributed by atoms with Crippen LogP contribution >= 0.6 is 23.1 Å². The van der Waals surface area contributed by atoms with Crippen LogP contribution < -0.4 is 24.8 Å². The van der Waals surface area contributed by atoms with Crippen LogP contribution in [-0.4, -0.2) is 55.6 Å². The van der Waals surface area contributed by atoms with Crippen molar-refractivity contribution >= 4 is 40.0 Å². The third kappa shape index (κ3) is 6.83. The minimum atomic E-state index is -0.340. The van der Waals surface area contributed by atoms with Gasteiger partial charge in [-0.1, -0.05) is 41.3 Å². The summed E-state index contributed by atoms with van der Waals surface area (Å²) in [5, 5.41) is 13.9. The van der Waals surface area contributed by atoms with Crippen molar-refractivity contribution in [2.75, 3.05) is 38.9 Å². The summed E-state index contributed by atoms with van der Waals surface area (Å²) in [4.78, 5) is 24.6. The molecule has 1 aromatic heterocycles. The summed E-state index contributed by atoms with van der Waals surface area (Å²) in [7, 11) is 4.68. The largest absolute Gasteiger partial charge is 0.496 e. The van der Waals surface area contributed by atoms with Crippen LogP contribution in [0.2, 0.25) is 0 Å². The molecule has 3 aromatic rings. The molecule has 1 heterocycles. The number of hydrogen-bond acceptors (Lipinski definition) is 9. The van der Waals surface area contributed by atoms with E-state index < -0.39 is 0 Å². The molecule has 0 aliphatic heterocycles. The summed E-state index contributed by atoms with van der Waals surface area (Å²) in [6, 6.07) is 12.6. The first-order valence-electron chi connectivity index (χ1n) is 9.92. The zero-order chi connectivity index (χ0) is 23.6. The van der Waals surface area contributed by atoms with E-state index in [2.05, 4.69) is 20.8 Å². The minimum Gasteiger partial charge on any atom is -0.496 e. The second-order valence-electron chi connectivity index (χ2n) is 6.61. The molecule has 2 amide bonds. The molecule has 0 saturated carbocycles. The Labute approximate surface area is 199 Å². The Bertz CT molecular complexity index is 1110. The monoisotopic (exact) mass is 488 g/mol. The highest BCUT2D eigenvalue weighted by Crippen LogP contribution is 2.28. The predicted octanol–water partition coefficient (Wildman–Crippen LogP) is 3.27. The van der Waals surface area contributed by atoms with Crippen LogP contribution in [0.5, 0.6) is 17.2 Å². The topological polar surface area (TPSA) is 112 Å². The van der Waals surface area contributed by atoms with Gasteiger partial charge in [-0.25, -0.2) is 0 Å². The van der Waals surface area contributed by atoms with Gasteiger partial charge in [-0.15, -0.1) is 10.2 Å². The number of para-hydroxylation sites is 1. The van der Waals surface area contributed by atoms with Crippen LogP contribution in [0.4, 0.5) is 5.13 Å². The lowest BCUT2D eigenvalue weighted by molar-refractivity contribution is -0.118. The van der Waals surface area contributed by atoms with Gasteiger partial charge < -0.3 is 19.5 Å². The fraction of sp³-hybridized carbons (Fsp3) is 0.273. The number of ether oxygens (including phenoxy) is 3. The van der Waals surface area contributed by atoms with Crippen molar-refractivity contribution < 1.29 is 23.8 Å². The van der Waals surface area contributed by atoms with Crippen molar-refractivity contribution in [1.29, 1.82) is 0 Å². The number of carbonyl (C=O) groups excluding carboxylic acids is 2. The summed E-state index contributed by atoms with van der Waals surface area (Å²) in [5.41, 5.74) is 1.43. The second kappa shape index (κ2) is 12.1. The summed E-state index contributed by atoms with van der Waals surface area (Å²) in [6.07, 6.45) is 0.661. The van der Waals surface area contributed by atoms with Gasteiger partial charge in [0.05, 0.1) is 32.6 Å². The first kappa shape index (κ1) is 24.3. The molecule has 0 bridgehead atoms. The van der Waals surface area contributed by atoms with E-state index in [1.807, 2.05) is 18.2 Å². The fourth-order valence-electron chi connectivity index (χ4n) is 2.88. The van der Waals surface area contributed by atoms with E-state index in [0.717, 1.165) is 5.56 Å². The van der Waals surface area contributed by atoms with Gasteiger partial charge in [0.15, 0.2) is 15.8 Å². The normalized spacial score (nSPS) is 10.4. The SMILES string of the molecule is COc1ccc(CCNC(=O)CSc2nnc(NC(=O)c3ccccc3OC)s2)cc1OC. The molecule has 0 spiro atoms. The standard InChI is InChI=1S/C22H24N4O5S2/c1-29-16-7-5-4-6-15(16)20(28)24-21-25-26-22(33-21)32-13-19(27)23-11-10-14-8-9-17(30-2)18(12-14)31-3/h4-9,12H,10-11,13H2,1-3H3,(H,23,27)(H,24,25,28). The first-order valence-corrected chi connectivity index (χ1v) is 11.7. The van der Waals surface area contributed by atoms with E-state index in [1.54, 1.807) is 38.5 Å². The highest BCUT2D eigenvalue weighted by atomic mass is 32.2. The maximum atomic E-state index is 12.4. The summed E-state index contributed by atoms with van der Waals surface area (Å²) in [5.74, 6) is 1.53. The smallest absolute Gasteiger partial charge is 0.261 e. The average molecular weight is 489 g/mol. The molecule has 2 aromatic carbocycles. The maximum absolute atomic E-state index is 12.4. The predicted molar refractivity (Wildman–Crippen MR) is 128 cm³/mol. The third-order valence-corrected chi connectivity index (χ3v) is 6.46. The van der Waals surface area contributed by atoms with Crippen molar-refractivity contribution in [2.45, 2.75) is 10.8 Å². The van der Waals surface area contributed by atoms with Crippen molar-refractivity contribution in [2.24, 2.45) is 0 Å². The molecule has 0 fully saturated rings. The Morgan fingerprint density at radius 3 is 2.48 bits per heavy atom. The van der Waals surface area contributed by atoms with Gasteiger partial charge >= 0.3 is 0 Å². The molecule has 11 heteroatoms. The number of nitrogens with zero attached hydrogens (tertiary/aromatic N) is 2. The van der Waals surface area contributed by atoms with Crippen LogP contribution in [-0.2, 0) is 11.2 Å². The van der Waals surface area contributed by atoms with Crippen LogP contribution in [0.25, 0.3) is 0 Å². The van der Waals surface area contributed by atoms with Crippen LogP contribution in [0.15, 0.2) is 46.8 Å². The van der Waals surface area contributed by atoms with Crippen molar-refractivity contribution in [3.05, 3.63) is 53.6 Å². The molecule has 2 N–H and O–H groups in total. The Morgan fingerprint density at radius 2 is 1.73 bits per heavy atom. The first-order chi connectivity index (χ1) is 16.0. The van der Waals surface area contributed by atoms with Gasteiger partial charge in [0.25, 0.3) is 5.91 Å². The molecule has 0 aliphatic rings. The van der Waals surface area contributed by atoms with Gasteiger partial charge in [0.1, 0.15) is 5.75 Å². The lowest BCUT2D eigenvalue weighted by Gasteiger charge is -2.10. The number of methoxy groups -OCH3 is 3. The molecule has 9 nitrogen and oxygen atoms in total. The zero-order valence-electron chi connectivity index (χ0n) is 18.4. The lowest BCUT2D eigenvalue weighted by Crippen LogP contribution is -2.27. The summed E-state index contributed by atoms with van der Waals surface area (Å²) >= 11 is 2.46. The number of amides is 2. The molecule has 0 aliphatic carbocycles. The average Bonchev–Trinajstić information content (AvgIpc) is 3.29. The van der Waals surface area contributed by atoms with Crippen LogP contribution in [0.3, 0.4) is 0 Å². The van der Waals surface area contributed by atoms with Gasteiger partial charge in [0, 0.05) is 6.54 Å². The van der Waals surface area contributed by atoms with Crippen LogP contribution in [0, 0.1) is 0 Å². The van der Waals surface area contributed by atoms with Crippen molar-refractivity contribution in [3.63, 3.8) is 0 Å². The van der Waals surface area contributed by atoms with E-state index in [0.29, 0.717) is 45.2 Å². The van der Waals surface area contributed by atoms with Gasteiger partial charge in [-0.2, -0.15) is 0 Å². The number of anilines is 1. The summed E-state index contributed by atoms with van der Waals surface area (Å²) in [6.45, 7) is 0.491. The Balaban J connectivity index is 1.43. The molecular weight excluding hydrogens is 464 g/mol. The quantitative estimate of drug-likeness (QED) is 0.312. The minimum absolute atomic E-state index is 0.115. The molecule has 33 heavy (non-hydrogen) atoms. The Hall–Kier alpha value is -3.31. The number of hydrogen-bond donors (Lipinski definition) is 2. The number of rotatable bonds is 11. The van der Waals surface area contributed by atoms with E-state index in [4.69, 9.17) is 14.2 Å². The second-order valence-corrected chi connectivity index (χ2v) is 8.81. The van der Waals surface area contributed by atoms with Gasteiger partial charge in [-0.3, -0.25) is 14.9 Å². The van der Waals surface area contributed by atoms with Crippen LogP contribution in [0.1, 0.15) is 15.9 Å². The van der Waals surface area contributed by atoms with E-state index in [-0.39, 0.29) is 17.6 Å². The maximum Gasteiger partial charge on any atom is 0.261 e. The van der Waals surface area contributed by atoms with Gasteiger partial charge in [0.2, 0.25) is 11.0 Å². The molecule has 3 rings (SSSR count). The third-order valence-electron chi connectivity index (χ3n) is 4.49. The molecule has 0 unspecified atom stereocenters. The number of thioether (sulfide) groups is 1. The lowest BCUT2D eigenvalue weighted by atomic mass is 10.1. The number of aromatic nitrogens is 2. The molecule has 0 radical (unpaired) electrons. The molecule has 0 atom stereocenters.